The summed E-state index contributed by atoms with van der Waals surface area (Å²) in [7, 11) is 0. The second kappa shape index (κ2) is 6.29. The number of aromatic amines is 1. The average Bonchev–Trinajstić information content (AvgIpc) is 2.54. The van der Waals surface area contributed by atoms with Crippen LogP contribution in [-0.2, 0) is 0 Å². The van der Waals surface area contributed by atoms with Gasteiger partial charge in [-0.15, -0.1) is 0 Å². The molecule has 3 rings (SSSR count). The molecular formula is C20H21NO2. The molecule has 3 aromatic rings. The Morgan fingerprint density at radius 1 is 1.09 bits per heavy atom. The zero-order valence-electron chi connectivity index (χ0n) is 13.7. The molecule has 1 aromatic heterocycles. The van der Waals surface area contributed by atoms with Crippen LogP contribution < -0.4 is 10.3 Å². The summed E-state index contributed by atoms with van der Waals surface area (Å²) in [6.07, 6.45) is 1.09. The highest BCUT2D eigenvalue weighted by Crippen LogP contribution is 2.30. The van der Waals surface area contributed by atoms with E-state index in [0.29, 0.717) is 0 Å². The van der Waals surface area contributed by atoms with E-state index in [1.807, 2.05) is 43.3 Å². The molecule has 0 radical (unpaired) electrons. The Morgan fingerprint density at radius 3 is 2.61 bits per heavy atom. The summed E-state index contributed by atoms with van der Waals surface area (Å²) in [5.41, 5.74) is 3.89. The summed E-state index contributed by atoms with van der Waals surface area (Å²) in [4.78, 5) is 15.0. The molecule has 0 aliphatic rings. The number of nitrogens with one attached hydrogen (secondary N) is 1. The van der Waals surface area contributed by atoms with Crippen molar-refractivity contribution in [2.24, 2.45) is 0 Å². The van der Waals surface area contributed by atoms with Gasteiger partial charge in [0.05, 0.1) is 11.6 Å². The minimum atomic E-state index is -0.101. The molecule has 118 valence electrons. The van der Waals surface area contributed by atoms with Gasteiger partial charge in [-0.3, -0.25) is 4.79 Å². The van der Waals surface area contributed by atoms with E-state index in [2.05, 4.69) is 24.9 Å². The Morgan fingerprint density at radius 2 is 1.87 bits per heavy atom. The van der Waals surface area contributed by atoms with Crippen LogP contribution in [0.5, 0.6) is 5.75 Å². The van der Waals surface area contributed by atoms with Crippen molar-refractivity contribution in [1.82, 2.24) is 4.98 Å². The maximum absolute atomic E-state index is 12.1. The van der Waals surface area contributed by atoms with Crippen molar-refractivity contribution in [2.75, 3.05) is 0 Å². The summed E-state index contributed by atoms with van der Waals surface area (Å²) in [6, 6.07) is 15.7. The molecule has 1 heterocycles. The molecule has 0 aliphatic heterocycles. The van der Waals surface area contributed by atoms with Gasteiger partial charge in [0, 0.05) is 17.5 Å². The first kappa shape index (κ1) is 15.3. The molecule has 1 N–H and O–H groups in total. The monoisotopic (exact) mass is 307 g/mol. The molecule has 23 heavy (non-hydrogen) atoms. The first-order valence-corrected chi connectivity index (χ1v) is 7.98. The third-order valence-corrected chi connectivity index (χ3v) is 4.16. The van der Waals surface area contributed by atoms with Crippen molar-refractivity contribution in [3.05, 3.63) is 64.4 Å². The van der Waals surface area contributed by atoms with Gasteiger partial charge < -0.3 is 9.72 Å². The van der Waals surface area contributed by atoms with Crippen LogP contribution in [0.2, 0.25) is 0 Å². The van der Waals surface area contributed by atoms with Gasteiger partial charge >= 0.3 is 0 Å². The van der Waals surface area contributed by atoms with Crippen molar-refractivity contribution in [3.8, 4) is 16.9 Å². The van der Waals surface area contributed by atoms with Gasteiger partial charge in [-0.2, -0.15) is 0 Å². The van der Waals surface area contributed by atoms with E-state index in [1.165, 1.54) is 0 Å². The molecule has 0 fully saturated rings. The minimum absolute atomic E-state index is 0.101. The maximum Gasteiger partial charge on any atom is 0.249 e. The number of pyridine rings is 1. The highest BCUT2D eigenvalue weighted by atomic mass is 16.5. The van der Waals surface area contributed by atoms with Crippen molar-refractivity contribution >= 4 is 10.9 Å². The Bertz CT molecular complexity index is 896. The molecule has 1 unspecified atom stereocenters. The molecule has 2 aromatic carbocycles. The second-order valence-electron chi connectivity index (χ2n) is 5.91. The van der Waals surface area contributed by atoms with Crippen molar-refractivity contribution in [1.29, 1.82) is 0 Å². The van der Waals surface area contributed by atoms with Gasteiger partial charge in [0.2, 0.25) is 5.56 Å². The van der Waals surface area contributed by atoms with Crippen LogP contribution in [0.1, 0.15) is 25.8 Å². The lowest BCUT2D eigenvalue weighted by atomic mass is 9.97. The fourth-order valence-corrected chi connectivity index (χ4v) is 2.73. The number of hydrogen-bond acceptors (Lipinski definition) is 2. The standard InChI is InChI=1S/C20H21NO2/c1-4-14(3)23-15-9-10-17-18(12-20(22)21-19(17)11-15)16-8-6-5-7-13(16)2/h5-12,14H,4H2,1-3H3,(H,21,22). The van der Waals surface area contributed by atoms with Crippen molar-refractivity contribution in [3.63, 3.8) is 0 Å². The number of fused-ring (bicyclic) bond motifs is 1. The lowest BCUT2D eigenvalue weighted by molar-refractivity contribution is 0.217. The minimum Gasteiger partial charge on any atom is -0.491 e. The molecule has 0 amide bonds. The van der Waals surface area contributed by atoms with Crippen LogP contribution >= 0.6 is 0 Å². The van der Waals surface area contributed by atoms with Gasteiger partial charge in [-0.05, 0) is 49.1 Å². The van der Waals surface area contributed by atoms with E-state index in [1.54, 1.807) is 6.07 Å². The first-order valence-electron chi connectivity index (χ1n) is 7.98. The highest BCUT2D eigenvalue weighted by Gasteiger charge is 2.10. The normalized spacial score (nSPS) is 12.3. The van der Waals surface area contributed by atoms with Crippen LogP contribution in [0.15, 0.2) is 53.3 Å². The predicted octanol–water partition coefficient (Wildman–Crippen LogP) is 4.68. The molecule has 1 atom stereocenters. The Labute approximate surface area is 135 Å². The van der Waals surface area contributed by atoms with Crippen LogP contribution in [0.3, 0.4) is 0 Å². The molecular weight excluding hydrogens is 286 g/mol. The topological polar surface area (TPSA) is 42.1 Å². The number of rotatable bonds is 4. The smallest absolute Gasteiger partial charge is 0.249 e. The van der Waals surface area contributed by atoms with Crippen LogP contribution in [0.25, 0.3) is 22.0 Å². The van der Waals surface area contributed by atoms with Gasteiger partial charge in [0.25, 0.3) is 0 Å². The lowest BCUT2D eigenvalue weighted by Crippen LogP contribution is -2.10. The maximum atomic E-state index is 12.1. The summed E-state index contributed by atoms with van der Waals surface area (Å²) in [5.74, 6) is 0.782. The fraction of sp³-hybridized carbons (Fsp3) is 0.250. The Hall–Kier alpha value is -2.55. The van der Waals surface area contributed by atoms with Gasteiger partial charge in [-0.1, -0.05) is 31.2 Å². The van der Waals surface area contributed by atoms with E-state index in [4.69, 9.17) is 4.74 Å². The Kier molecular flexibility index (Phi) is 4.20. The number of H-pyrrole nitrogens is 1. The molecule has 0 saturated heterocycles. The Balaban J connectivity index is 2.17. The number of benzene rings is 2. The summed E-state index contributed by atoms with van der Waals surface area (Å²) >= 11 is 0. The summed E-state index contributed by atoms with van der Waals surface area (Å²) in [5, 5.41) is 1.02. The van der Waals surface area contributed by atoms with Crippen LogP contribution in [-0.4, -0.2) is 11.1 Å². The SMILES string of the molecule is CCC(C)Oc1ccc2c(-c3ccccc3C)cc(=O)[nH]c2c1. The van der Waals surface area contributed by atoms with Gasteiger partial charge in [-0.25, -0.2) is 0 Å². The lowest BCUT2D eigenvalue weighted by Gasteiger charge is -2.14. The van der Waals surface area contributed by atoms with E-state index in [-0.39, 0.29) is 11.7 Å². The average molecular weight is 307 g/mol. The zero-order chi connectivity index (χ0) is 16.4. The number of hydrogen-bond donors (Lipinski definition) is 1. The van der Waals surface area contributed by atoms with E-state index >= 15 is 0 Å². The fourth-order valence-electron chi connectivity index (χ4n) is 2.73. The third kappa shape index (κ3) is 3.14. The van der Waals surface area contributed by atoms with E-state index in [0.717, 1.165) is 39.8 Å². The second-order valence-corrected chi connectivity index (χ2v) is 5.91. The largest absolute Gasteiger partial charge is 0.491 e. The number of ether oxygens (including phenoxy) is 1. The van der Waals surface area contributed by atoms with Crippen LogP contribution in [0, 0.1) is 6.92 Å². The van der Waals surface area contributed by atoms with E-state index in [9.17, 15) is 4.79 Å². The van der Waals surface area contributed by atoms with Gasteiger partial charge in [0.15, 0.2) is 0 Å². The zero-order valence-corrected chi connectivity index (χ0v) is 13.7. The van der Waals surface area contributed by atoms with Crippen molar-refractivity contribution in [2.45, 2.75) is 33.3 Å². The third-order valence-electron chi connectivity index (χ3n) is 4.16. The van der Waals surface area contributed by atoms with Crippen molar-refractivity contribution < 1.29 is 4.74 Å². The molecule has 3 nitrogen and oxygen atoms in total. The predicted molar refractivity (Wildman–Crippen MR) is 95.1 cm³/mol. The first-order chi connectivity index (χ1) is 11.1. The molecule has 0 aliphatic carbocycles. The highest BCUT2D eigenvalue weighted by molar-refractivity contribution is 5.95. The van der Waals surface area contributed by atoms with Crippen LogP contribution in [0.4, 0.5) is 0 Å². The van der Waals surface area contributed by atoms with Gasteiger partial charge in [0.1, 0.15) is 5.75 Å². The molecule has 0 saturated carbocycles. The van der Waals surface area contributed by atoms with E-state index < -0.39 is 0 Å². The summed E-state index contributed by atoms with van der Waals surface area (Å²) < 4.78 is 5.86. The summed E-state index contributed by atoms with van der Waals surface area (Å²) in [6.45, 7) is 6.18. The molecule has 0 spiro atoms. The quantitative estimate of drug-likeness (QED) is 0.760. The molecule has 0 bridgehead atoms. The number of aryl methyl sites for hydroxylation is 1. The molecule has 3 heteroatoms. The number of aromatic nitrogens is 1.